The fourth-order valence-corrected chi connectivity index (χ4v) is 8.51. The highest BCUT2D eigenvalue weighted by atomic mass is 16.3. The molecule has 53 heavy (non-hydrogen) atoms. The number of rotatable bonds is 5. The van der Waals surface area contributed by atoms with Crippen molar-refractivity contribution in [2.75, 3.05) is 4.90 Å². The van der Waals surface area contributed by atoms with E-state index < -0.39 is 5.41 Å². The number of nitrogens with zero attached hydrogens (tertiary/aromatic N) is 1. The summed E-state index contributed by atoms with van der Waals surface area (Å²) in [6.45, 7) is 0. The zero-order valence-electron chi connectivity index (χ0n) is 29.1. The van der Waals surface area contributed by atoms with Crippen molar-refractivity contribution in [3.63, 3.8) is 0 Å². The van der Waals surface area contributed by atoms with E-state index >= 15 is 0 Å². The molecule has 2 heteroatoms. The second-order valence-electron chi connectivity index (χ2n) is 13.6. The molecule has 10 rings (SSSR count). The van der Waals surface area contributed by atoms with Crippen LogP contribution in [0.15, 0.2) is 217 Å². The molecule has 0 radical (unpaired) electrons. The van der Waals surface area contributed by atoms with Crippen molar-refractivity contribution in [3.05, 3.63) is 235 Å². The number of para-hydroxylation sites is 1. The highest BCUT2D eigenvalue weighted by molar-refractivity contribution is 6.07. The van der Waals surface area contributed by atoms with Crippen molar-refractivity contribution in [1.29, 1.82) is 0 Å². The van der Waals surface area contributed by atoms with E-state index in [2.05, 4.69) is 205 Å². The molecule has 0 bridgehead atoms. The van der Waals surface area contributed by atoms with Gasteiger partial charge in [-0.2, -0.15) is 0 Å². The van der Waals surface area contributed by atoms with Gasteiger partial charge in [-0.3, -0.25) is 0 Å². The van der Waals surface area contributed by atoms with Crippen LogP contribution in [0.1, 0.15) is 22.3 Å². The molecule has 1 aliphatic carbocycles. The highest BCUT2D eigenvalue weighted by Crippen LogP contribution is 2.57. The lowest BCUT2D eigenvalue weighted by Crippen LogP contribution is -2.28. The summed E-state index contributed by atoms with van der Waals surface area (Å²) in [5.41, 5.74) is 11.9. The number of benzene rings is 7. The van der Waals surface area contributed by atoms with Crippen LogP contribution in [0.2, 0.25) is 0 Å². The summed E-state index contributed by atoms with van der Waals surface area (Å²) in [5.74, 6) is 0. The Morgan fingerprint density at radius 2 is 0.887 bits per heavy atom. The monoisotopic (exact) mass is 677 g/mol. The average Bonchev–Trinajstić information content (AvgIpc) is 3.74. The lowest BCUT2D eigenvalue weighted by atomic mass is 9.67. The molecule has 0 atom stereocenters. The molecule has 0 saturated heterocycles. The summed E-state index contributed by atoms with van der Waals surface area (Å²) < 4.78 is 6.50. The largest absolute Gasteiger partial charge is 0.456 e. The van der Waals surface area contributed by atoms with Gasteiger partial charge in [0.05, 0.1) is 11.1 Å². The number of anilines is 3. The molecule has 2 nitrogen and oxygen atoms in total. The lowest BCUT2D eigenvalue weighted by Gasteiger charge is -2.35. The van der Waals surface area contributed by atoms with Crippen LogP contribution in [0, 0.1) is 0 Å². The quantitative estimate of drug-likeness (QED) is 0.180. The minimum absolute atomic E-state index is 0.519. The Kier molecular flexibility index (Phi) is 7.40. The number of fused-ring (bicyclic) bond motifs is 7. The van der Waals surface area contributed by atoms with Crippen molar-refractivity contribution in [2.45, 2.75) is 5.41 Å². The van der Waals surface area contributed by atoms with Crippen molar-refractivity contribution in [3.8, 4) is 11.1 Å². The molecule has 1 aromatic heterocycles. The van der Waals surface area contributed by atoms with Crippen molar-refractivity contribution < 1.29 is 4.42 Å². The summed E-state index contributed by atoms with van der Waals surface area (Å²) in [6.07, 6.45) is 0. The second kappa shape index (κ2) is 12.7. The van der Waals surface area contributed by atoms with Crippen LogP contribution in [0.25, 0.3) is 43.8 Å². The third kappa shape index (κ3) is 4.95. The first kappa shape index (κ1) is 30.9. The molecule has 1 heterocycles. The van der Waals surface area contributed by atoms with E-state index in [1.54, 1.807) is 0 Å². The maximum absolute atomic E-state index is 6.50. The van der Waals surface area contributed by atoms with Crippen molar-refractivity contribution in [1.82, 2.24) is 0 Å². The minimum atomic E-state index is -0.519. The predicted octanol–water partition coefficient (Wildman–Crippen LogP) is 13.7. The summed E-state index contributed by atoms with van der Waals surface area (Å²) >= 11 is 0. The molecule has 9 aromatic rings. The van der Waals surface area contributed by atoms with Gasteiger partial charge in [-0.25, -0.2) is 0 Å². The summed E-state index contributed by atoms with van der Waals surface area (Å²) in [4.78, 5) is 2.40. The van der Waals surface area contributed by atoms with E-state index in [0.717, 1.165) is 49.8 Å². The standard InChI is InChI=1S/C51H35NO/c1-2-6-18-36-19-12-13-24-41(36)48(28-11-3-1)52(40-31-33-45-44-26-15-17-29-49(44)53-50(45)35-40)39-30-32-43-42-25-14-16-27-46(42)51(47(43)34-39,37-20-7-4-8-21-37)38-22-9-5-10-23-38/h1-35H. The summed E-state index contributed by atoms with van der Waals surface area (Å²) in [7, 11) is 0. The van der Waals surface area contributed by atoms with Crippen LogP contribution in [0.5, 0.6) is 0 Å². The molecular formula is C51H35NO. The molecule has 0 unspecified atom stereocenters. The maximum atomic E-state index is 6.50. The molecule has 0 amide bonds. The van der Waals surface area contributed by atoms with Gasteiger partial charge < -0.3 is 9.32 Å². The molecule has 0 aliphatic heterocycles. The van der Waals surface area contributed by atoms with E-state index in [1.165, 1.54) is 33.4 Å². The van der Waals surface area contributed by atoms with E-state index in [0.29, 0.717) is 0 Å². The average molecular weight is 678 g/mol. The van der Waals surface area contributed by atoms with Gasteiger partial charge in [-0.15, -0.1) is 0 Å². The number of furan rings is 1. The Labute approximate surface area is 309 Å². The first-order valence-electron chi connectivity index (χ1n) is 18.2. The van der Waals surface area contributed by atoms with Crippen LogP contribution in [0.3, 0.4) is 0 Å². The zero-order chi connectivity index (χ0) is 35.2. The van der Waals surface area contributed by atoms with E-state index in [9.17, 15) is 0 Å². The SMILES string of the molecule is c1cccc(N(c2ccc3c(c2)C(c2ccccc2)(c2ccccc2)c2ccccc2-3)c2ccc3c(c2)oc2ccccc23)c2ccccc2ccc1. The number of hydrogen-bond acceptors (Lipinski definition) is 2. The van der Waals surface area contributed by atoms with E-state index in [-0.39, 0.29) is 0 Å². The molecule has 250 valence electrons. The Morgan fingerprint density at radius 1 is 0.358 bits per heavy atom. The van der Waals surface area contributed by atoms with Crippen LogP contribution in [-0.2, 0) is 5.41 Å². The van der Waals surface area contributed by atoms with Gasteiger partial charge >= 0.3 is 0 Å². The minimum Gasteiger partial charge on any atom is -0.456 e. The fraction of sp³-hybridized carbons (Fsp3) is 0.0196. The van der Waals surface area contributed by atoms with Crippen LogP contribution in [0.4, 0.5) is 17.1 Å². The van der Waals surface area contributed by atoms with Crippen molar-refractivity contribution in [2.24, 2.45) is 0 Å². The van der Waals surface area contributed by atoms with Gasteiger partial charge in [0, 0.05) is 33.6 Å². The van der Waals surface area contributed by atoms with Gasteiger partial charge in [0.15, 0.2) is 0 Å². The molecule has 8 aromatic carbocycles. The predicted molar refractivity (Wildman–Crippen MR) is 221 cm³/mol. The Bertz CT molecular complexity index is 2810. The smallest absolute Gasteiger partial charge is 0.137 e. The highest BCUT2D eigenvalue weighted by Gasteiger charge is 2.46. The van der Waals surface area contributed by atoms with Crippen molar-refractivity contribution >= 4 is 49.8 Å². The lowest BCUT2D eigenvalue weighted by molar-refractivity contribution is 0.669. The van der Waals surface area contributed by atoms with Crippen LogP contribution >= 0.6 is 0 Å². The normalized spacial score (nSPS) is 12.7. The van der Waals surface area contributed by atoms with Gasteiger partial charge in [0.2, 0.25) is 0 Å². The topological polar surface area (TPSA) is 16.4 Å². The second-order valence-corrected chi connectivity index (χ2v) is 13.6. The molecule has 1 aliphatic rings. The van der Waals surface area contributed by atoms with Gasteiger partial charge in [0.1, 0.15) is 11.2 Å². The summed E-state index contributed by atoms with van der Waals surface area (Å²) in [5, 5.41) is 4.50. The molecule has 0 saturated carbocycles. The van der Waals surface area contributed by atoms with E-state index in [4.69, 9.17) is 4.42 Å². The fourth-order valence-electron chi connectivity index (χ4n) is 8.51. The third-order valence-electron chi connectivity index (χ3n) is 10.8. The summed E-state index contributed by atoms with van der Waals surface area (Å²) in [6, 6.07) is 76.4. The Balaban J connectivity index is 1.31. The molecule has 0 N–H and O–H groups in total. The molecular weight excluding hydrogens is 643 g/mol. The maximum Gasteiger partial charge on any atom is 0.137 e. The van der Waals surface area contributed by atoms with E-state index in [1.807, 2.05) is 12.1 Å². The van der Waals surface area contributed by atoms with Gasteiger partial charge in [-0.05, 0) is 75.2 Å². The molecule has 0 fully saturated rings. The van der Waals surface area contributed by atoms with Gasteiger partial charge in [-0.1, -0.05) is 170 Å². The van der Waals surface area contributed by atoms with Crippen LogP contribution in [-0.4, -0.2) is 0 Å². The van der Waals surface area contributed by atoms with Gasteiger partial charge in [0.25, 0.3) is 0 Å². The third-order valence-corrected chi connectivity index (χ3v) is 10.8. The molecule has 0 spiro atoms. The Hall–Kier alpha value is -6.90. The van der Waals surface area contributed by atoms with Crippen LogP contribution < -0.4 is 4.90 Å². The first-order chi connectivity index (χ1) is 26.3. The number of hydrogen-bond donors (Lipinski definition) is 0. The zero-order valence-corrected chi connectivity index (χ0v) is 29.1. The first-order valence-corrected chi connectivity index (χ1v) is 18.2. The Morgan fingerprint density at radius 3 is 1.68 bits per heavy atom.